The van der Waals surface area contributed by atoms with Gasteiger partial charge in [0, 0.05) is 23.6 Å². The van der Waals surface area contributed by atoms with Crippen LogP contribution in [0.4, 0.5) is 0 Å². The second-order valence-corrected chi connectivity index (χ2v) is 5.37. The number of ether oxygens (including phenoxy) is 2. The first-order valence-electron chi connectivity index (χ1n) is 5.95. The first-order chi connectivity index (χ1) is 9.13. The van der Waals surface area contributed by atoms with Crippen molar-refractivity contribution in [2.75, 3.05) is 28.3 Å². The molecular formula is C14H18N2O2S. The second-order valence-electron chi connectivity index (χ2n) is 4.43. The molecule has 5 heteroatoms. The Morgan fingerprint density at radius 1 is 1.21 bits per heavy atom. The van der Waals surface area contributed by atoms with E-state index in [1.807, 2.05) is 32.3 Å². The van der Waals surface area contributed by atoms with Crippen molar-refractivity contribution in [2.24, 2.45) is 0 Å². The largest absolute Gasteiger partial charge is 0.497 e. The predicted octanol–water partition coefficient (Wildman–Crippen LogP) is 2.89. The van der Waals surface area contributed by atoms with E-state index in [0.717, 1.165) is 34.3 Å². The summed E-state index contributed by atoms with van der Waals surface area (Å²) in [5, 5.41) is 3.15. The molecule has 0 saturated carbocycles. The fraction of sp³-hybridized carbons (Fsp3) is 0.357. The number of thiazole rings is 1. The summed E-state index contributed by atoms with van der Waals surface area (Å²) in [5.41, 5.74) is 1.94. The van der Waals surface area contributed by atoms with Crippen LogP contribution in [0.5, 0.6) is 11.5 Å². The summed E-state index contributed by atoms with van der Waals surface area (Å²) in [6.45, 7) is 0.850. The smallest absolute Gasteiger partial charge is 0.131 e. The van der Waals surface area contributed by atoms with Gasteiger partial charge >= 0.3 is 0 Å². The maximum Gasteiger partial charge on any atom is 0.131 e. The normalized spacial score (nSPS) is 10.8. The molecule has 0 aliphatic carbocycles. The summed E-state index contributed by atoms with van der Waals surface area (Å²) in [6, 6.07) is 5.77. The number of hydrogen-bond donors (Lipinski definition) is 0. The van der Waals surface area contributed by atoms with Crippen molar-refractivity contribution >= 4 is 11.3 Å². The van der Waals surface area contributed by atoms with Crippen molar-refractivity contribution in [1.29, 1.82) is 0 Å². The van der Waals surface area contributed by atoms with E-state index < -0.39 is 0 Å². The molecule has 0 aliphatic rings. The standard InChI is InChI=1S/C14H18N2O2S/c1-16(2)8-14-15-12(9-19-14)11-6-5-10(17-3)7-13(11)18-4/h5-7,9H,8H2,1-4H3. The quantitative estimate of drug-likeness (QED) is 0.842. The predicted molar refractivity (Wildman–Crippen MR) is 78.0 cm³/mol. The summed E-state index contributed by atoms with van der Waals surface area (Å²) in [4.78, 5) is 6.75. The number of nitrogens with zero attached hydrogens (tertiary/aromatic N) is 2. The van der Waals surface area contributed by atoms with E-state index in [9.17, 15) is 0 Å². The first-order valence-corrected chi connectivity index (χ1v) is 6.83. The molecule has 1 aromatic carbocycles. The molecule has 19 heavy (non-hydrogen) atoms. The SMILES string of the molecule is COc1ccc(-c2csc(CN(C)C)n2)c(OC)c1. The highest BCUT2D eigenvalue weighted by molar-refractivity contribution is 7.09. The van der Waals surface area contributed by atoms with Crippen LogP contribution in [0.15, 0.2) is 23.6 Å². The summed E-state index contributed by atoms with van der Waals surface area (Å²) < 4.78 is 10.6. The number of methoxy groups -OCH3 is 2. The third kappa shape index (κ3) is 3.24. The van der Waals surface area contributed by atoms with Gasteiger partial charge in [0.25, 0.3) is 0 Å². The maximum atomic E-state index is 5.41. The molecule has 102 valence electrons. The molecule has 0 radical (unpaired) electrons. The van der Waals surface area contributed by atoms with Gasteiger partial charge in [0.2, 0.25) is 0 Å². The highest BCUT2D eigenvalue weighted by Crippen LogP contribution is 2.33. The van der Waals surface area contributed by atoms with Crippen molar-refractivity contribution in [3.63, 3.8) is 0 Å². The van der Waals surface area contributed by atoms with Crippen molar-refractivity contribution < 1.29 is 9.47 Å². The molecule has 0 saturated heterocycles. The molecule has 0 N–H and O–H groups in total. The van der Waals surface area contributed by atoms with Gasteiger partial charge in [-0.1, -0.05) is 0 Å². The van der Waals surface area contributed by atoms with Gasteiger partial charge in [-0.2, -0.15) is 0 Å². The number of hydrogen-bond acceptors (Lipinski definition) is 5. The minimum Gasteiger partial charge on any atom is -0.497 e. The fourth-order valence-corrected chi connectivity index (χ4v) is 2.70. The van der Waals surface area contributed by atoms with E-state index in [1.165, 1.54) is 0 Å². The molecule has 1 aromatic heterocycles. The van der Waals surface area contributed by atoms with Gasteiger partial charge in [0.1, 0.15) is 16.5 Å². The topological polar surface area (TPSA) is 34.6 Å². The Bertz CT molecular complexity index is 552. The van der Waals surface area contributed by atoms with E-state index in [4.69, 9.17) is 9.47 Å². The van der Waals surface area contributed by atoms with Crippen LogP contribution >= 0.6 is 11.3 Å². The van der Waals surface area contributed by atoms with Crippen LogP contribution in [0.2, 0.25) is 0 Å². The van der Waals surface area contributed by atoms with Crippen LogP contribution in [0.3, 0.4) is 0 Å². The molecule has 2 rings (SSSR count). The molecule has 0 spiro atoms. The summed E-state index contributed by atoms with van der Waals surface area (Å²) in [5.74, 6) is 1.56. The average Bonchev–Trinajstić information content (AvgIpc) is 2.85. The van der Waals surface area contributed by atoms with E-state index >= 15 is 0 Å². The molecular weight excluding hydrogens is 260 g/mol. The number of rotatable bonds is 5. The average molecular weight is 278 g/mol. The highest BCUT2D eigenvalue weighted by atomic mass is 32.1. The lowest BCUT2D eigenvalue weighted by Gasteiger charge is -2.08. The molecule has 0 aliphatic heterocycles. The molecule has 0 bridgehead atoms. The van der Waals surface area contributed by atoms with Crippen LogP contribution in [-0.4, -0.2) is 38.2 Å². The van der Waals surface area contributed by atoms with E-state index in [-0.39, 0.29) is 0 Å². The van der Waals surface area contributed by atoms with Gasteiger partial charge in [0.05, 0.1) is 19.9 Å². The lowest BCUT2D eigenvalue weighted by Crippen LogP contribution is -2.10. The van der Waals surface area contributed by atoms with E-state index in [2.05, 4.69) is 15.3 Å². The third-order valence-corrected chi connectivity index (χ3v) is 3.52. The number of aromatic nitrogens is 1. The molecule has 0 amide bonds. The molecule has 2 aromatic rings. The molecule has 0 atom stereocenters. The van der Waals surface area contributed by atoms with Gasteiger partial charge in [0.15, 0.2) is 0 Å². The van der Waals surface area contributed by atoms with E-state index in [0.29, 0.717) is 0 Å². The fourth-order valence-electron chi connectivity index (χ4n) is 1.79. The zero-order valence-corrected chi connectivity index (χ0v) is 12.5. The Kier molecular flexibility index (Phi) is 4.39. The van der Waals surface area contributed by atoms with Crippen LogP contribution in [-0.2, 0) is 6.54 Å². The minimum absolute atomic E-state index is 0.779. The lowest BCUT2D eigenvalue weighted by atomic mass is 10.1. The summed E-state index contributed by atoms with van der Waals surface area (Å²) in [7, 11) is 7.38. The highest BCUT2D eigenvalue weighted by Gasteiger charge is 2.11. The monoisotopic (exact) mass is 278 g/mol. The van der Waals surface area contributed by atoms with Crippen LogP contribution < -0.4 is 9.47 Å². The zero-order chi connectivity index (χ0) is 13.8. The Morgan fingerprint density at radius 3 is 2.63 bits per heavy atom. The Hall–Kier alpha value is -1.59. The van der Waals surface area contributed by atoms with Gasteiger partial charge in [-0.3, -0.25) is 0 Å². The second kappa shape index (κ2) is 6.04. The van der Waals surface area contributed by atoms with Gasteiger partial charge in [-0.15, -0.1) is 11.3 Å². The van der Waals surface area contributed by atoms with Crippen LogP contribution in [0, 0.1) is 0 Å². The third-order valence-electron chi connectivity index (χ3n) is 2.69. The molecule has 4 nitrogen and oxygen atoms in total. The molecule has 1 heterocycles. The first kappa shape index (κ1) is 13.8. The Balaban J connectivity index is 2.33. The summed E-state index contributed by atoms with van der Waals surface area (Å²) >= 11 is 1.66. The van der Waals surface area contributed by atoms with Gasteiger partial charge in [-0.25, -0.2) is 4.98 Å². The van der Waals surface area contributed by atoms with Crippen molar-refractivity contribution in [3.05, 3.63) is 28.6 Å². The maximum absolute atomic E-state index is 5.41. The summed E-state index contributed by atoms with van der Waals surface area (Å²) in [6.07, 6.45) is 0. The zero-order valence-electron chi connectivity index (χ0n) is 11.6. The Morgan fingerprint density at radius 2 is 2.00 bits per heavy atom. The molecule has 0 unspecified atom stereocenters. The van der Waals surface area contributed by atoms with Crippen LogP contribution in [0.1, 0.15) is 5.01 Å². The van der Waals surface area contributed by atoms with Crippen molar-refractivity contribution in [1.82, 2.24) is 9.88 Å². The number of benzene rings is 1. The minimum atomic E-state index is 0.779. The Labute approximate surface area is 117 Å². The van der Waals surface area contributed by atoms with Gasteiger partial charge in [-0.05, 0) is 26.2 Å². The lowest BCUT2D eigenvalue weighted by molar-refractivity contribution is 0.395. The van der Waals surface area contributed by atoms with Crippen molar-refractivity contribution in [3.8, 4) is 22.8 Å². The van der Waals surface area contributed by atoms with Crippen LogP contribution in [0.25, 0.3) is 11.3 Å². The molecule has 0 fully saturated rings. The van der Waals surface area contributed by atoms with Gasteiger partial charge < -0.3 is 14.4 Å². The van der Waals surface area contributed by atoms with E-state index in [1.54, 1.807) is 25.6 Å². The van der Waals surface area contributed by atoms with Crippen molar-refractivity contribution in [2.45, 2.75) is 6.54 Å².